The summed E-state index contributed by atoms with van der Waals surface area (Å²) in [6.07, 6.45) is 0. The van der Waals surface area contributed by atoms with Gasteiger partial charge in [0.25, 0.3) is 0 Å². The largest absolute Gasteiger partial charge is 0.496 e. The quantitative estimate of drug-likeness (QED) is 0.347. The molecule has 8 heteroatoms. The molecule has 0 fully saturated rings. The molecule has 0 saturated heterocycles. The van der Waals surface area contributed by atoms with Gasteiger partial charge in [-0.25, -0.2) is 0 Å². The third-order valence-corrected chi connectivity index (χ3v) is 6.16. The molecule has 4 rings (SSSR count). The van der Waals surface area contributed by atoms with Crippen LogP contribution in [0.5, 0.6) is 23.0 Å². The first-order chi connectivity index (χ1) is 15.4. The third kappa shape index (κ3) is 2.98. The molecule has 32 heavy (non-hydrogen) atoms. The van der Waals surface area contributed by atoms with Gasteiger partial charge >= 0.3 is 0 Å². The van der Waals surface area contributed by atoms with Crippen LogP contribution in [-0.2, 0) is 13.2 Å². The third-order valence-electron chi connectivity index (χ3n) is 6.16. The molecule has 0 aliphatic heterocycles. The molecule has 4 aromatic rings. The Morgan fingerprint density at radius 2 is 1.25 bits per heavy atom. The lowest BCUT2D eigenvalue weighted by atomic mass is 10.00. The molecule has 0 saturated carbocycles. The van der Waals surface area contributed by atoms with E-state index in [0.29, 0.717) is 34.3 Å². The van der Waals surface area contributed by atoms with Gasteiger partial charge in [-0.1, -0.05) is 0 Å². The lowest BCUT2D eigenvalue weighted by Crippen LogP contribution is -1.96. The van der Waals surface area contributed by atoms with Crippen LogP contribution in [0.4, 0.5) is 0 Å². The Balaban J connectivity index is 2.18. The Kier molecular flexibility index (Phi) is 5.66. The van der Waals surface area contributed by atoms with E-state index in [9.17, 15) is 10.2 Å². The van der Waals surface area contributed by atoms with Gasteiger partial charge < -0.3 is 39.1 Å². The minimum atomic E-state index is -0.200. The summed E-state index contributed by atoms with van der Waals surface area (Å²) in [6.45, 7) is 3.60. The number of aryl methyl sites for hydroxylation is 2. The van der Waals surface area contributed by atoms with Crippen LogP contribution in [-0.4, -0.2) is 48.6 Å². The number of methoxy groups -OCH3 is 4. The number of aromatic nitrogens is 2. The highest BCUT2D eigenvalue weighted by atomic mass is 16.5. The molecular formula is C24H28N2O6. The summed E-state index contributed by atoms with van der Waals surface area (Å²) in [6, 6.07) is 3.62. The van der Waals surface area contributed by atoms with Gasteiger partial charge in [0, 0.05) is 34.2 Å². The zero-order valence-corrected chi connectivity index (χ0v) is 19.1. The van der Waals surface area contributed by atoms with E-state index >= 15 is 0 Å². The second-order valence-corrected chi connectivity index (χ2v) is 7.59. The fourth-order valence-corrected chi connectivity index (χ4v) is 4.54. The summed E-state index contributed by atoms with van der Waals surface area (Å²) in [4.78, 5) is 6.82. The maximum absolute atomic E-state index is 10.1. The van der Waals surface area contributed by atoms with Crippen molar-refractivity contribution in [3.8, 4) is 34.3 Å². The number of aliphatic hydroxyl groups excluding tert-OH is 2. The van der Waals surface area contributed by atoms with E-state index < -0.39 is 0 Å². The number of hydrogen-bond donors (Lipinski definition) is 4. The molecule has 0 aliphatic carbocycles. The van der Waals surface area contributed by atoms with Gasteiger partial charge in [0.05, 0.1) is 63.9 Å². The molecule has 2 heterocycles. The van der Waals surface area contributed by atoms with Crippen LogP contribution in [0.2, 0.25) is 0 Å². The average Bonchev–Trinajstić information content (AvgIpc) is 3.33. The SMILES string of the molecule is COc1cc(OC)c2c(C)c(-c3c(OC)cc(OC)c4c(C)c(CO)[nH]c34)[nH]c2c1CO. The van der Waals surface area contributed by atoms with Crippen molar-refractivity contribution in [3.63, 3.8) is 0 Å². The van der Waals surface area contributed by atoms with Crippen LogP contribution in [0.3, 0.4) is 0 Å². The van der Waals surface area contributed by atoms with Crippen LogP contribution in [0.1, 0.15) is 22.4 Å². The summed E-state index contributed by atoms with van der Waals surface area (Å²) >= 11 is 0. The van der Waals surface area contributed by atoms with Crippen molar-refractivity contribution in [1.82, 2.24) is 9.97 Å². The number of hydrogen-bond acceptors (Lipinski definition) is 6. The van der Waals surface area contributed by atoms with Crippen LogP contribution < -0.4 is 18.9 Å². The van der Waals surface area contributed by atoms with Crippen LogP contribution >= 0.6 is 0 Å². The van der Waals surface area contributed by atoms with Gasteiger partial charge in [-0.3, -0.25) is 0 Å². The molecule has 0 bridgehead atoms. The van der Waals surface area contributed by atoms with Crippen molar-refractivity contribution in [2.75, 3.05) is 28.4 Å². The van der Waals surface area contributed by atoms with Crippen molar-refractivity contribution in [1.29, 1.82) is 0 Å². The molecule has 0 aliphatic rings. The number of nitrogens with one attached hydrogen (secondary N) is 2. The number of rotatable bonds is 7. The van der Waals surface area contributed by atoms with Gasteiger partial charge in [-0.2, -0.15) is 0 Å². The van der Waals surface area contributed by atoms with Crippen molar-refractivity contribution < 1.29 is 29.2 Å². The monoisotopic (exact) mass is 440 g/mol. The predicted molar refractivity (Wildman–Crippen MR) is 123 cm³/mol. The second-order valence-electron chi connectivity index (χ2n) is 7.59. The van der Waals surface area contributed by atoms with E-state index in [2.05, 4.69) is 9.97 Å². The summed E-state index contributed by atoms with van der Waals surface area (Å²) in [5.41, 5.74) is 6.30. The van der Waals surface area contributed by atoms with Gasteiger partial charge in [0.1, 0.15) is 23.0 Å². The first kappa shape index (κ1) is 21.9. The summed E-state index contributed by atoms with van der Waals surface area (Å²) in [5, 5.41) is 21.7. The van der Waals surface area contributed by atoms with Crippen molar-refractivity contribution in [2.45, 2.75) is 27.1 Å². The number of aliphatic hydroxyl groups is 2. The molecule has 8 nitrogen and oxygen atoms in total. The van der Waals surface area contributed by atoms with Crippen LogP contribution in [0.15, 0.2) is 12.1 Å². The van der Waals surface area contributed by atoms with Crippen molar-refractivity contribution in [2.24, 2.45) is 0 Å². The number of benzene rings is 2. The van der Waals surface area contributed by atoms with Crippen molar-refractivity contribution in [3.05, 3.63) is 34.5 Å². The van der Waals surface area contributed by atoms with E-state index in [1.54, 1.807) is 34.5 Å². The molecule has 2 aromatic carbocycles. The van der Waals surface area contributed by atoms with Gasteiger partial charge in [0.15, 0.2) is 0 Å². The standard InChI is InChI=1S/C24H28N2O6/c1-11-14(10-28)25-24-19(11)17(31-5)8-18(32-6)21(24)22-12(2)20-16(30-4)7-15(29-3)13(9-27)23(20)26-22/h7-8,25-28H,9-10H2,1-6H3. The summed E-state index contributed by atoms with van der Waals surface area (Å²) < 4.78 is 22.5. The molecule has 0 atom stereocenters. The minimum Gasteiger partial charge on any atom is -0.496 e. The molecule has 2 aromatic heterocycles. The van der Waals surface area contributed by atoms with Crippen LogP contribution in [0.25, 0.3) is 33.1 Å². The Labute approximate surface area is 185 Å². The number of aromatic amines is 2. The summed E-state index contributed by atoms with van der Waals surface area (Å²) in [5.74, 6) is 2.43. The Morgan fingerprint density at radius 1 is 0.688 bits per heavy atom. The van der Waals surface area contributed by atoms with E-state index in [1.807, 2.05) is 19.9 Å². The molecular weight excluding hydrogens is 412 g/mol. The average molecular weight is 440 g/mol. The second kappa shape index (κ2) is 8.29. The van der Waals surface area contributed by atoms with E-state index in [1.165, 1.54) is 0 Å². The zero-order chi connectivity index (χ0) is 23.2. The normalized spacial score (nSPS) is 11.4. The number of fused-ring (bicyclic) bond motifs is 2. The van der Waals surface area contributed by atoms with Gasteiger partial charge in [-0.15, -0.1) is 0 Å². The first-order valence-electron chi connectivity index (χ1n) is 10.2. The molecule has 0 spiro atoms. The Morgan fingerprint density at radius 3 is 1.78 bits per heavy atom. The fourth-order valence-electron chi connectivity index (χ4n) is 4.54. The summed E-state index contributed by atoms with van der Waals surface area (Å²) in [7, 11) is 6.38. The van der Waals surface area contributed by atoms with Crippen LogP contribution in [0, 0.1) is 13.8 Å². The molecule has 0 amide bonds. The van der Waals surface area contributed by atoms with E-state index in [-0.39, 0.29) is 13.2 Å². The lowest BCUT2D eigenvalue weighted by Gasteiger charge is -2.13. The topological polar surface area (TPSA) is 109 Å². The lowest BCUT2D eigenvalue weighted by molar-refractivity contribution is 0.275. The molecule has 0 radical (unpaired) electrons. The highest BCUT2D eigenvalue weighted by Gasteiger charge is 2.26. The first-order valence-corrected chi connectivity index (χ1v) is 10.2. The highest BCUT2D eigenvalue weighted by molar-refractivity contribution is 6.07. The zero-order valence-electron chi connectivity index (χ0n) is 19.1. The van der Waals surface area contributed by atoms with Gasteiger partial charge in [-0.05, 0) is 25.0 Å². The molecule has 0 unspecified atom stereocenters. The van der Waals surface area contributed by atoms with E-state index in [4.69, 9.17) is 18.9 Å². The smallest absolute Gasteiger partial charge is 0.134 e. The maximum Gasteiger partial charge on any atom is 0.134 e. The minimum absolute atomic E-state index is 0.128. The van der Waals surface area contributed by atoms with Crippen molar-refractivity contribution >= 4 is 21.8 Å². The Hall–Kier alpha value is -3.36. The molecule has 170 valence electrons. The highest BCUT2D eigenvalue weighted by Crippen LogP contribution is 2.48. The Bertz CT molecular complexity index is 1320. The maximum atomic E-state index is 10.1. The fraction of sp³-hybridized carbons (Fsp3) is 0.333. The number of ether oxygens (including phenoxy) is 4. The predicted octanol–water partition coefficient (Wildman–Crippen LogP) is 3.95. The molecule has 4 N–H and O–H groups in total. The van der Waals surface area contributed by atoms with E-state index in [0.717, 1.165) is 44.2 Å². The number of H-pyrrole nitrogens is 2. The van der Waals surface area contributed by atoms with Gasteiger partial charge in [0.2, 0.25) is 0 Å².